The fraction of sp³-hybridized carbons (Fsp3) is 0.143. The van der Waals surface area contributed by atoms with Gasteiger partial charge < -0.3 is 5.11 Å². The minimum absolute atomic E-state index is 0.0272. The highest BCUT2D eigenvalue weighted by molar-refractivity contribution is 7.95. The molecule has 0 aromatic heterocycles. The molecule has 0 radical (unpaired) electrons. The van der Waals surface area contributed by atoms with Gasteiger partial charge in [0.05, 0.1) is 6.16 Å². The van der Waals surface area contributed by atoms with E-state index in [9.17, 15) is 5.11 Å². The van der Waals surface area contributed by atoms with Crippen LogP contribution in [0, 0.1) is 13.8 Å². The van der Waals surface area contributed by atoms with Gasteiger partial charge in [-0.2, -0.15) is 0 Å². The minimum Gasteiger partial charge on any atom is -0.872 e. The molecule has 0 heterocycles. The Morgan fingerprint density at radius 1 is 0.645 bits per heavy atom. The van der Waals surface area contributed by atoms with E-state index >= 15 is 0 Å². The molecule has 4 aromatic carbocycles. The summed E-state index contributed by atoms with van der Waals surface area (Å²) in [6, 6.07) is 36.1. The summed E-state index contributed by atoms with van der Waals surface area (Å²) in [5.74, 6) is 0.0272. The van der Waals surface area contributed by atoms with E-state index in [0.29, 0.717) is 5.02 Å². The normalized spacial score (nSPS) is 10.8. The van der Waals surface area contributed by atoms with Gasteiger partial charge in [0.25, 0.3) is 0 Å². The number of hydrogen-bond acceptors (Lipinski definition) is 1. The molecule has 0 spiro atoms. The molecule has 4 aromatic rings. The summed E-state index contributed by atoms with van der Waals surface area (Å²) in [5, 5.41) is 15.9. The summed E-state index contributed by atoms with van der Waals surface area (Å²) in [7, 11) is -1.53. The van der Waals surface area contributed by atoms with Crippen molar-refractivity contribution >= 4 is 34.8 Å². The molecule has 0 atom stereocenters. The largest absolute Gasteiger partial charge is 0.872 e. The van der Waals surface area contributed by atoms with Crippen molar-refractivity contribution in [2.75, 3.05) is 6.16 Å². The first kappa shape index (κ1) is 23.1. The van der Waals surface area contributed by atoms with Crippen LogP contribution in [-0.2, 0) is 0 Å². The van der Waals surface area contributed by atoms with E-state index in [4.69, 9.17) is 11.6 Å². The molecule has 1 nitrogen and oxygen atoms in total. The molecule has 3 heteroatoms. The SMILES string of the molecule is CC[P+](c1ccccc1)(c1ccccc1)c1ccccc1.Cc1cc([O-])cc(C)c1Cl. The van der Waals surface area contributed by atoms with Gasteiger partial charge in [-0.3, -0.25) is 0 Å². The van der Waals surface area contributed by atoms with Crippen LogP contribution in [0.2, 0.25) is 5.02 Å². The summed E-state index contributed by atoms with van der Waals surface area (Å²) in [6.45, 7) is 5.98. The fourth-order valence-electron chi connectivity index (χ4n) is 3.95. The average molecular weight is 447 g/mol. The van der Waals surface area contributed by atoms with Gasteiger partial charge >= 0.3 is 0 Å². The molecule has 0 aliphatic rings. The monoisotopic (exact) mass is 446 g/mol. The van der Waals surface area contributed by atoms with Crippen LogP contribution in [0.1, 0.15) is 18.1 Å². The maximum Gasteiger partial charge on any atom is 0.111 e. The van der Waals surface area contributed by atoms with Gasteiger partial charge in [0, 0.05) is 5.02 Å². The number of aryl methyl sites for hydroxylation is 2. The lowest BCUT2D eigenvalue weighted by molar-refractivity contribution is -0.268. The number of halogens is 1. The molecule has 0 N–H and O–H groups in total. The summed E-state index contributed by atoms with van der Waals surface area (Å²) in [6.07, 6.45) is 1.14. The third-order valence-corrected chi connectivity index (χ3v) is 10.6. The smallest absolute Gasteiger partial charge is 0.111 e. The number of benzene rings is 4. The van der Waals surface area contributed by atoms with Gasteiger partial charge in [-0.1, -0.05) is 78.3 Å². The quantitative estimate of drug-likeness (QED) is 0.351. The highest BCUT2D eigenvalue weighted by Gasteiger charge is 2.43. The van der Waals surface area contributed by atoms with Crippen molar-refractivity contribution in [3.05, 3.63) is 119 Å². The van der Waals surface area contributed by atoms with Crippen LogP contribution in [0.15, 0.2) is 103 Å². The van der Waals surface area contributed by atoms with Crippen LogP contribution >= 0.6 is 18.9 Å². The molecule has 0 aliphatic carbocycles. The van der Waals surface area contributed by atoms with Crippen LogP contribution in [0.3, 0.4) is 0 Å². The first-order valence-corrected chi connectivity index (χ1v) is 12.8. The second-order valence-electron chi connectivity index (χ2n) is 7.50. The number of hydrogen-bond donors (Lipinski definition) is 0. The molecule has 158 valence electrons. The van der Waals surface area contributed by atoms with Crippen LogP contribution < -0.4 is 21.0 Å². The van der Waals surface area contributed by atoms with Crippen LogP contribution in [0.25, 0.3) is 0 Å². The van der Waals surface area contributed by atoms with Crippen molar-refractivity contribution in [2.24, 2.45) is 0 Å². The van der Waals surface area contributed by atoms with Gasteiger partial charge in [-0.25, -0.2) is 0 Å². The highest BCUT2D eigenvalue weighted by atomic mass is 35.5. The molecular formula is C28H28ClOP. The average Bonchev–Trinajstić information content (AvgIpc) is 2.81. The van der Waals surface area contributed by atoms with Crippen LogP contribution in [0.4, 0.5) is 0 Å². The van der Waals surface area contributed by atoms with Gasteiger partial charge in [-0.05, 0) is 68.3 Å². The second kappa shape index (κ2) is 10.6. The lowest BCUT2D eigenvalue weighted by Crippen LogP contribution is -2.32. The zero-order valence-electron chi connectivity index (χ0n) is 18.3. The minimum atomic E-state index is -1.53. The summed E-state index contributed by atoms with van der Waals surface area (Å²) >= 11 is 5.81. The highest BCUT2D eigenvalue weighted by Crippen LogP contribution is 2.54. The van der Waals surface area contributed by atoms with Crippen LogP contribution in [-0.4, -0.2) is 6.16 Å². The Kier molecular flexibility index (Phi) is 7.91. The standard InChI is InChI=1S/C20H20P.C8H9ClO/c1-2-21(18-12-6-3-7-13-18,19-14-8-4-9-15-19)20-16-10-5-11-17-20;1-5-3-7(10)4-6(2)8(5)9/h3-17H,2H2,1H3;3-4,10H,1-2H3/q+1;/p-1. The predicted molar refractivity (Wildman–Crippen MR) is 136 cm³/mol. The Hall–Kier alpha value is -2.60. The lowest BCUT2D eigenvalue weighted by Gasteiger charge is -2.26. The van der Waals surface area contributed by atoms with Crippen molar-refractivity contribution in [3.63, 3.8) is 0 Å². The van der Waals surface area contributed by atoms with Gasteiger partial charge in [-0.15, -0.1) is 5.75 Å². The van der Waals surface area contributed by atoms with Gasteiger partial charge in [0.1, 0.15) is 23.2 Å². The number of rotatable bonds is 4. The lowest BCUT2D eigenvalue weighted by atomic mass is 10.1. The van der Waals surface area contributed by atoms with E-state index in [-0.39, 0.29) is 5.75 Å². The first-order chi connectivity index (χ1) is 15.0. The van der Waals surface area contributed by atoms with Gasteiger partial charge in [0.15, 0.2) is 0 Å². The Morgan fingerprint density at radius 2 is 0.968 bits per heavy atom. The zero-order chi connectivity index (χ0) is 22.3. The van der Waals surface area contributed by atoms with E-state index in [1.165, 1.54) is 28.0 Å². The first-order valence-electron chi connectivity index (χ1n) is 10.5. The van der Waals surface area contributed by atoms with E-state index in [0.717, 1.165) is 17.3 Å². The second-order valence-corrected chi connectivity index (χ2v) is 11.7. The zero-order valence-corrected chi connectivity index (χ0v) is 19.9. The van der Waals surface area contributed by atoms with E-state index < -0.39 is 7.26 Å². The molecule has 0 bridgehead atoms. The van der Waals surface area contributed by atoms with Crippen molar-refractivity contribution in [1.82, 2.24) is 0 Å². The van der Waals surface area contributed by atoms with E-state index in [1.54, 1.807) is 0 Å². The molecule has 31 heavy (non-hydrogen) atoms. The third-order valence-electron chi connectivity index (χ3n) is 5.48. The third kappa shape index (κ3) is 5.18. The molecule has 0 saturated heterocycles. The molecule has 4 rings (SSSR count). The van der Waals surface area contributed by atoms with E-state index in [2.05, 4.69) is 97.9 Å². The summed E-state index contributed by atoms with van der Waals surface area (Å²) in [5.41, 5.74) is 1.71. The van der Waals surface area contributed by atoms with Crippen molar-refractivity contribution in [3.8, 4) is 5.75 Å². The fourth-order valence-corrected chi connectivity index (χ4v) is 8.09. The maximum atomic E-state index is 10.8. The van der Waals surface area contributed by atoms with Crippen molar-refractivity contribution < 1.29 is 5.11 Å². The predicted octanol–water partition coefficient (Wildman–Crippen LogP) is 6.03. The topological polar surface area (TPSA) is 23.1 Å². The molecular weight excluding hydrogens is 419 g/mol. The van der Waals surface area contributed by atoms with Gasteiger partial charge in [0.2, 0.25) is 0 Å². The Balaban J connectivity index is 0.000000229. The maximum absolute atomic E-state index is 10.8. The Morgan fingerprint density at radius 3 is 1.26 bits per heavy atom. The van der Waals surface area contributed by atoms with Crippen molar-refractivity contribution in [2.45, 2.75) is 20.8 Å². The van der Waals surface area contributed by atoms with Crippen molar-refractivity contribution in [1.29, 1.82) is 0 Å². The van der Waals surface area contributed by atoms with Crippen LogP contribution in [0.5, 0.6) is 5.75 Å². The van der Waals surface area contributed by atoms with E-state index in [1.807, 2.05) is 13.8 Å². The Bertz CT molecular complexity index is 976. The molecule has 0 fully saturated rings. The molecule has 0 saturated carbocycles. The molecule has 0 aliphatic heterocycles. The molecule has 0 amide bonds. The Labute approximate surface area is 191 Å². The summed E-state index contributed by atoms with van der Waals surface area (Å²) in [4.78, 5) is 0. The summed E-state index contributed by atoms with van der Waals surface area (Å²) < 4.78 is 0. The molecule has 0 unspecified atom stereocenters.